The highest BCUT2D eigenvalue weighted by Gasteiger charge is 2.16. The highest BCUT2D eigenvalue weighted by Crippen LogP contribution is 2.36. The summed E-state index contributed by atoms with van der Waals surface area (Å²) in [4.78, 5) is 0. The monoisotopic (exact) mass is 278 g/mol. The molecule has 0 radical (unpaired) electrons. The Balaban J connectivity index is 1.78. The molecule has 0 fully saturated rings. The number of nitrogens with zero attached hydrogens (tertiary/aromatic N) is 2. The summed E-state index contributed by atoms with van der Waals surface area (Å²) in [6.45, 7) is 0.291. The van der Waals surface area contributed by atoms with Crippen LogP contribution in [0.15, 0.2) is 54.6 Å². The molecule has 1 aromatic heterocycles. The third kappa shape index (κ3) is 2.05. The first-order valence-corrected chi connectivity index (χ1v) is 6.81. The summed E-state index contributed by atoms with van der Waals surface area (Å²) < 4.78 is 12.7. The van der Waals surface area contributed by atoms with E-state index >= 15 is 0 Å². The van der Waals surface area contributed by atoms with E-state index in [1.807, 2.05) is 48.1 Å². The van der Waals surface area contributed by atoms with Crippen LogP contribution >= 0.6 is 0 Å². The maximum Gasteiger partial charge on any atom is 0.231 e. The average Bonchev–Trinajstić information content (AvgIpc) is 3.13. The Bertz CT molecular complexity index is 794. The summed E-state index contributed by atoms with van der Waals surface area (Å²) in [5.74, 6) is 1.58. The second-order valence-electron chi connectivity index (χ2n) is 4.97. The van der Waals surface area contributed by atoms with Gasteiger partial charge in [0.25, 0.3) is 0 Å². The molecule has 1 aliphatic rings. The normalized spacial score (nSPS) is 12.6. The Labute approximate surface area is 122 Å². The molecule has 1 aliphatic heterocycles. The van der Waals surface area contributed by atoms with E-state index in [1.165, 1.54) is 0 Å². The lowest BCUT2D eigenvalue weighted by molar-refractivity contribution is 0.174. The van der Waals surface area contributed by atoms with E-state index in [0.29, 0.717) is 6.79 Å². The molecule has 4 nitrogen and oxygen atoms in total. The lowest BCUT2D eigenvalue weighted by Gasteiger charge is -2.03. The van der Waals surface area contributed by atoms with Gasteiger partial charge in [-0.2, -0.15) is 5.10 Å². The number of aromatic nitrogens is 2. The van der Waals surface area contributed by atoms with Gasteiger partial charge in [0.2, 0.25) is 6.79 Å². The van der Waals surface area contributed by atoms with Crippen LogP contribution < -0.4 is 9.47 Å². The van der Waals surface area contributed by atoms with Crippen LogP contribution in [0.1, 0.15) is 0 Å². The van der Waals surface area contributed by atoms with Crippen molar-refractivity contribution in [1.82, 2.24) is 9.78 Å². The topological polar surface area (TPSA) is 36.3 Å². The molecular formula is C17H14N2O2. The predicted molar refractivity (Wildman–Crippen MR) is 80.2 cm³/mol. The molecule has 3 aromatic rings. The molecule has 2 heterocycles. The van der Waals surface area contributed by atoms with E-state index in [-0.39, 0.29) is 0 Å². The van der Waals surface area contributed by atoms with Crippen LogP contribution in [0.4, 0.5) is 0 Å². The van der Waals surface area contributed by atoms with Gasteiger partial charge in [0.1, 0.15) is 0 Å². The summed E-state index contributed by atoms with van der Waals surface area (Å²) >= 11 is 0. The van der Waals surface area contributed by atoms with Crippen LogP contribution in [-0.2, 0) is 7.05 Å². The molecule has 0 unspecified atom stereocenters. The lowest BCUT2D eigenvalue weighted by atomic mass is 10.1. The van der Waals surface area contributed by atoms with E-state index in [1.54, 1.807) is 0 Å². The molecule has 2 aromatic carbocycles. The number of hydrogen-bond donors (Lipinski definition) is 0. The fourth-order valence-corrected chi connectivity index (χ4v) is 2.54. The number of fused-ring (bicyclic) bond motifs is 1. The van der Waals surface area contributed by atoms with E-state index < -0.39 is 0 Å². The van der Waals surface area contributed by atoms with Crippen LogP contribution in [0.25, 0.3) is 22.5 Å². The Morgan fingerprint density at radius 3 is 2.57 bits per heavy atom. The van der Waals surface area contributed by atoms with E-state index in [0.717, 1.165) is 34.0 Å². The third-order valence-corrected chi connectivity index (χ3v) is 3.62. The van der Waals surface area contributed by atoms with Crippen LogP contribution in [-0.4, -0.2) is 16.6 Å². The standard InChI is InChI=1S/C17H14N2O2/c1-19-15(10-14(18-19)12-5-3-2-4-6-12)13-7-8-16-17(9-13)21-11-20-16/h2-10H,11H2,1H3. The summed E-state index contributed by atoms with van der Waals surface area (Å²) in [7, 11) is 1.95. The minimum atomic E-state index is 0.291. The van der Waals surface area contributed by atoms with Crippen molar-refractivity contribution in [2.75, 3.05) is 6.79 Å². The average molecular weight is 278 g/mol. The van der Waals surface area contributed by atoms with E-state index in [2.05, 4.69) is 23.3 Å². The maximum absolute atomic E-state index is 5.44. The molecule has 0 saturated carbocycles. The Morgan fingerprint density at radius 2 is 1.71 bits per heavy atom. The van der Waals surface area contributed by atoms with Crippen molar-refractivity contribution in [2.45, 2.75) is 0 Å². The Kier molecular flexibility index (Phi) is 2.67. The van der Waals surface area contributed by atoms with Crippen LogP contribution in [0, 0.1) is 0 Å². The number of aryl methyl sites for hydroxylation is 1. The van der Waals surface area contributed by atoms with Gasteiger partial charge in [0, 0.05) is 18.2 Å². The Hall–Kier alpha value is -2.75. The first-order chi connectivity index (χ1) is 10.3. The van der Waals surface area contributed by atoms with Crippen LogP contribution in [0.2, 0.25) is 0 Å². The van der Waals surface area contributed by atoms with Gasteiger partial charge in [0.05, 0.1) is 11.4 Å². The number of rotatable bonds is 2. The van der Waals surface area contributed by atoms with E-state index in [9.17, 15) is 0 Å². The molecule has 0 saturated heterocycles. The van der Waals surface area contributed by atoms with Crippen molar-refractivity contribution in [3.63, 3.8) is 0 Å². The zero-order valence-electron chi connectivity index (χ0n) is 11.6. The van der Waals surface area contributed by atoms with Gasteiger partial charge in [-0.25, -0.2) is 0 Å². The van der Waals surface area contributed by atoms with Gasteiger partial charge in [0.15, 0.2) is 11.5 Å². The van der Waals surface area contributed by atoms with Crippen LogP contribution in [0.5, 0.6) is 11.5 Å². The van der Waals surface area contributed by atoms with Gasteiger partial charge >= 0.3 is 0 Å². The number of hydrogen-bond acceptors (Lipinski definition) is 3. The van der Waals surface area contributed by atoms with Gasteiger partial charge in [-0.3, -0.25) is 4.68 Å². The first kappa shape index (κ1) is 12.0. The predicted octanol–water partition coefficient (Wildman–Crippen LogP) is 3.48. The minimum absolute atomic E-state index is 0.291. The van der Waals surface area contributed by atoms with Crippen molar-refractivity contribution < 1.29 is 9.47 Å². The fraction of sp³-hybridized carbons (Fsp3) is 0.118. The van der Waals surface area contributed by atoms with Crippen molar-refractivity contribution in [3.05, 3.63) is 54.6 Å². The van der Waals surface area contributed by atoms with Gasteiger partial charge in [-0.05, 0) is 24.3 Å². The second-order valence-corrected chi connectivity index (χ2v) is 4.97. The van der Waals surface area contributed by atoms with Gasteiger partial charge < -0.3 is 9.47 Å². The molecule has 0 amide bonds. The van der Waals surface area contributed by atoms with Crippen LogP contribution in [0.3, 0.4) is 0 Å². The summed E-state index contributed by atoms with van der Waals surface area (Å²) in [6, 6.07) is 18.2. The summed E-state index contributed by atoms with van der Waals surface area (Å²) in [6.07, 6.45) is 0. The highest BCUT2D eigenvalue weighted by atomic mass is 16.7. The largest absolute Gasteiger partial charge is 0.454 e. The number of benzene rings is 2. The van der Waals surface area contributed by atoms with Crippen molar-refractivity contribution in [3.8, 4) is 34.0 Å². The summed E-state index contributed by atoms with van der Waals surface area (Å²) in [5.41, 5.74) is 4.19. The SMILES string of the molecule is Cn1nc(-c2ccccc2)cc1-c1ccc2c(c1)OCO2. The van der Waals surface area contributed by atoms with Crippen molar-refractivity contribution in [1.29, 1.82) is 0 Å². The fourth-order valence-electron chi connectivity index (χ4n) is 2.54. The smallest absolute Gasteiger partial charge is 0.231 e. The zero-order chi connectivity index (χ0) is 14.2. The molecule has 4 heteroatoms. The molecule has 4 rings (SSSR count). The Morgan fingerprint density at radius 1 is 0.905 bits per heavy atom. The number of ether oxygens (including phenoxy) is 2. The maximum atomic E-state index is 5.44. The molecule has 0 spiro atoms. The zero-order valence-corrected chi connectivity index (χ0v) is 11.6. The quantitative estimate of drug-likeness (QED) is 0.720. The van der Waals surface area contributed by atoms with Crippen molar-refractivity contribution >= 4 is 0 Å². The third-order valence-electron chi connectivity index (χ3n) is 3.62. The molecular weight excluding hydrogens is 264 g/mol. The van der Waals surface area contributed by atoms with E-state index in [4.69, 9.17) is 9.47 Å². The lowest BCUT2D eigenvalue weighted by Crippen LogP contribution is -1.94. The molecule has 0 atom stereocenters. The summed E-state index contributed by atoms with van der Waals surface area (Å²) in [5, 5.41) is 4.60. The van der Waals surface area contributed by atoms with Gasteiger partial charge in [-0.15, -0.1) is 0 Å². The minimum Gasteiger partial charge on any atom is -0.454 e. The molecule has 104 valence electrons. The second kappa shape index (κ2) is 4.66. The van der Waals surface area contributed by atoms with Gasteiger partial charge in [-0.1, -0.05) is 30.3 Å². The molecule has 0 aliphatic carbocycles. The highest BCUT2D eigenvalue weighted by molar-refractivity contribution is 5.70. The molecule has 0 N–H and O–H groups in total. The molecule has 0 bridgehead atoms. The van der Waals surface area contributed by atoms with Crippen molar-refractivity contribution in [2.24, 2.45) is 7.05 Å². The molecule has 21 heavy (non-hydrogen) atoms. The first-order valence-electron chi connectivity index (χ1n) is 6.81.